The zero-order chi connectivity index (χ0) is 44.5. The van der Waals surface area contributed by atoms with E-state index in [0.29, 0.717) is 57.7 Å². The summed E-state index contributed by atoms with van der Waals surface area (Å²) in [4.78, 5) is 33.2. The number of aromatic nitrogens is 2. The van der Waals surface area contributed by atoms with E-state index in [4.69, 9.17) is 18.9 Å². The van der Waals surface area contributed by atoms with E-state index in [0.717, 1.165) is 38.5 Å². The van der Waals surface area contributed by atoms with Gasteiger partial charge in [0.25, 0.3) is 0 Å². The summed E-state index contributed by atoms with van der Waals surface area (Å²) in [6.45, 7) is 24.8. The Labute approximate surface area is 367 Å². The quantitative estimate of drug-likeness (QED) is 0.0696. The van der Waals surface area contributed by atoms with Gasteiger partial charge in [-0.1, -0.05) is 103 Å². The average molecular weight is 833 g/mol. The van der Waals surface area contributed by atoms with Crippen LogP contribution in [0.15, 0.2) is 134 Å². The average Bonchev–Trinajstić information content (AvgIpc) is 3.20. The van der Waals surface area contributed by atoms with Gasteiger partial charge in [0.2, 0.25) is 11.8 Å². The maximum atomic E-state index is 12.2. The molecule has 4 unspecified atom stereocenters. The second-order valence-corrected chi connectivity index (χ2v) is 19.7. The van der Waals surface area contributed by atoms with Crippen LogP contribution in [0.4, 0.5) is 0 Å². The highest BCUT2D eigenvalue weighted by molar-refractivity contribution is 5.89. The summed E-state index contributed by atoms with van der Waals surface area (Å²) in [6, 6.07) is 34.2. The van der Waals surface area contributed by atoms with E-state index in [-0.39, 0.29) is 21.7 Å². The van der Waals surface area contributed by atoms with E-state index < -0.39 is 11.9 Å². The molecule has 4 atom stereocenters. The molecular weight excluding hydrogens is 773 g/mol. The molecule has 0 N–H and O–H groups in total. The van der Waals surface area contributed by atoms with Crippen molar-refractivity contribution in [3.63, 3.8) is 0 Å². The van der Waals surface area contributed by atoms with E-state index >= 15 is 0 Å². The van der Waals surface area contributed by atoms with Crippen molar-refractivity contribution in [3.8, 4) is 34.8 Å². The van der Waals surface area contributed by atoms with Crippen molar-refractivity contribution in [2.75, 3.05) is 0 Å². The lowest BCUT2D eigenvalue weighted by atomic mass is 9.55. The third-order valence-electron chi connectivity index (χ3n) is 12.6. The van der Waals surface area contributed by atoms with Crippen LogP contribution in [0.3, 0.4) is 0 Å². The van der Waals surface area contributed by atoms with Crippen LogP contribution in [-0.2, 0) is 20.4 Å². The van der Waals surface area contributed by atoms with Crippen molar-refractivity contribution >= 4 is 11.9 Å². The fourth-order valence-corrected chi connectivity index (χ4v) is 10.8. The maximum absolute atomic E-state index is 12.2. The molecular formula is C54H60N2O6. The lowest BCUT2D eigenvalue weighted by Gasteiger charge is -2.48. The molecule has 62 heavy (non-hydrogen) atoms. The lowest BCUT2D eigenvalue weighted by molar-refractivity contribution is -0.130. The minimum Gasteiger partial charge on any atom is -0.439 e. The molecule has 1 aromatic heterocycles. The SMILES string of the molecule is C=C(C)C(=O)Oc1ccc(C2(c3ccc(Oc4cc(Oc5ccc(C6(c7ccc(OC(=O)C(=C)C)cc7)CC(C)CC(C)(C)C6)cc5)ncn4)cc3)CC(C)CC(C)(C)C2)cc1. The number of carbonyl (C=O) groups is 2. The van der Waals surface area contributed by atoms with Gasteiger partial charge in [0, 0.05) is 22.0 Å². The monoisotopic (exact) mass is 832 g/mol. The van der Waals surface area contributed by atoms with Crippen molar-refractivity contribution in [1.29, 1.82) is 0 Å². The van der Waals surface area contributed by atoms with Gasteiger partial charge in [-0.3, -0.25) is 0 Å². The molecule has 0 amide bonds. The topological polar surface area (TPSA) is 96.8 Å². The summed E-state index contributed by atoms with van der Waals surface area (Å²) >= 11 is 0. The molecule has 2 aliphatic carbocycles. The number of carbonyl (C=O) groups excluding carboxylic acids is 2. The van der Waals surface area contributed by atoms with Crippen LogP contribution in [0.5, 0.6) is 34.8 Å². The second kappa shape index (κ2) is 17.4. The van der Waals surface area contributed by atoms with Gasteiger partial charge in [0.15, 0.2) is 0 Å². The molecule has 2 saturated carbocycles. The summed E-state index contributed by atoms with van der Waals surface area (Å²) in [7, 11) is 0. The molecule has 2 fully saturated rings. The summed E-state index contributed by atoms with van der Waals surface area (Å²) in [5.41, 5.74) is 5.30. The Hall–Kier alpha value is -6.02. The van der Waals surface area contributed by atoms with Crippen LogP contribution in [-0.4, -0.2) is 21.9 Å². The number of hydrogen-bond acceptors (Lipinski definition) is 8. The highest BCUT2D eigenvalue weighted by Gasteiger charge is 2.46. The van der Waals surface area contributed by atoms with Crippen molar-refractivity contribution < 1.29 is 28.5 Å². The maximum Gasteiger partial charge on any atom is 0.338 e. The van der Waals surface area contributed by atoms with Gasteiger partial charge in [-0.05, 0) is 146 Å². The van der Waals surface area contributed by atoms with Crippen molar-refractivity contribution in [1.82, 2.24) is 9.97 Å². The predicted octanol–water partition coefficient (Wildman–Crippen LogP) is 13.3. The first-order valence-corrected chi connectivity index (χ1v) is 21.7. The Morgan fingerprint density at radius 2 is 0.823 bits per heavy atom. The molecule has 0 bridgehead atoms. The Kier molecular flexibility index (Phi) is 12.4. The van der Waals surface area contributed by atoms with Crippen LogP contribution in [0.1, 0.15) is 116 Å². The minimum absolute atomic E-state index is 0.124. The number of hydrogen-bond donors (Lipinski definition) is 0. The Bertz CT molecular complexity index is 2270. The number of nitrogens with zero attached hydrogens (tertiary/aromatic N) is 2. The Morgan fingerprint density at radius 1 is 0.516 bits per heavy atom. The standard InChI is InChI=1S/C54H60N2O6/c1-35(2)49(57)61-45-23-15-41(16-24-45)53(30-37(5)28-51(7,8)32-53)39-11-19-43(20-12-39)59-47-27-48(56-34-55-47)60-44-21-13-40(14-22-44)54(31-38(6)29-52(9,10)33-54)42-17-25-46(26-18-42)62-50(58)36(3)4/h11-27,34,37-38H,1,3,28-33H2,2,4-10H3. The van der Waals surface area contributed by atoms with Crippen LogP contribution in [0.25, 0.3) is 0 Å². The van der Waals surface area contributed by atoms with Gasteiger partial charge >= 0.3 is 11.9 Å². The molecule has 1 heterocycles. The smallest absolute Gasteiger partial charge is 0.338 e. The predicted molar refractivity (Wildman–Crippen MR) is 244 cm³/mol. The van der Waals surface area contributed by atoms with Gasteiger partial charge in [-0.2, -0.15) is 0 Å². The number of benzene rings is 4. The Balaban J connectivity index is 1.08. The summed E-state index contributed by atoms with van der Waals surface area (Å²) < 4.78 is 23.6. The largest absolute Gasteiger partial charge is 0.439 e. The van der Waals surface area contributed by atoms with Crippen molar-refractivity contribution in [2.24, 2.45) is 22.7 Å². The molecule has 2 aliphatic rings. The van der Waals surface area contributed by atoms with E-state index in [9.17, 15) is 9.59 Å². The van der Waals surface area contributed by atoms with Gasteiger partial charge in [-0.15, -0.1) is 0 Å². The zero-order valence-electron chi connectivity index (χ0n) is 37.5. The van der Waals surface area contributed by atoms with Crippen LogP contribution in [0.2, 0.25) is 0 Å². The third kappa shape index (κ3) is 9.86. The van der Waals surface area contributed by atoms with Gasteiger partial charge in [0.05, 0.1) is 6.07 Å². The molecule has 4 aromatic carbocycles. The van der Waals surface area contributed by atoms with Crippen molar-refractivity contribution in [2.45, 2.75) is 105 Å². The summed E-state index contributed by atoms with van der Waals surface area (Å²) in [5.74, 6) is 3.21. The van der Waals surface area contributed by atoms with Gasteiger partial charge in [0.1, 0.15) is 29.3 Å². The van der Waals surface area contributed by atoms with E-state index in [1.165, 1.54) is 28.6 Å². The fourth-order valence-electron chi connectivity index (χ4n) is 10.8. The van der Waals surface area contributed by atoms with Crippen LogP contribution >= 0.6 is 0 Å². The number of ether oxygens (including phenoxy) is 4. The normalized spacial score (nSPS) is 22.8. The Morgan fingerprint density at radius 3 is 1.11 bits per heavy atom. The molecule has 5 aromatic rings. The lowest BCUT2D eigenvalue weighted by Crippen LogP contribution is -2.41. The van der Waals surface area contributed by atoms with Gasteiger partial charge < -0.3 is 18.9 Å². The number of esters is 2. The summed E-state index contributed by atoms with van der Waals surface area (Å²) in [5, 5.41) is 0. The first-order valence-electron chi connectivity index (χ1n) is 21.7. The molecule has 0 saturated heterocycles. The minimum atomic E-state index is -0.430. The highest BCUT2D eigenvalue weighted by atomic mass is 16.5. The molecule has 8 heteroatoms. The first-order chi connectivity index (χ1) is 29.3. The van der Waals surface area contributed by atoms with Gasteiger partial charge in [-0.25, -0.2) is 19.6 Å². The van der Waals surface area contributed by atoms with E-state index in [1.807, 2.05) is 48.5 Å². The first kappa shape index (κ1) is 44.0. The molecule has 0 spiro atoms. The third-order valence-corrected chi connectivity index (χ3v) is 12.6. The highest BCUT2D eigenvalue weighted by Crippen LogP contribution is 2.55. The second-order valence-electron chi connectivity index (χ2n) is 19.7. The molecule has 0 aliphatic heterocycles. The van der Waals surface area contributed by atoms with Crippen LogP contribution in [0, 0.1) is 22.7 Å². The zero-order valence-corrected chi connectivity index (χ0v) is 37.5. The molecule has 322 valence electrons. The molecule has 8 nitrogen and oxygen atoms in total. The molecule has 0 radical (unpaired) electrons. The fraction of sp³-hybridized carbons (Fsp3) is 0.370. The molecule has 7 rings (SSSR count). The van der Waals surface area contributed by atoms with Crippen LogP contribution < -0.4 is 18.9 Å². The number of rotatable bonds is 12. The van der Waals surface area contributed by atoms with E-state index in [2.05, 4.69) is 113 Å². The van der Waals surface area contributed by atoms with Crippen molar-refractivity contribution in [3.05, 3.63) is 156 Å². The summed E-state index contributed by atoms with van der Waals surface area (Å²) in [6.07, 6.45) is 7.69. The van der Waals surface area contributed by atoms with E-state index in [1.54, 1.807) is 19.9 Å².